The molecule has 0 saturated heterocycles. The minimum atomic E-state index is -0.246. The second-order valence-corrected chi connectivity index (χ2v) is 16.9. The highest BCUT2D eigenvalue weighted by molar-refractivity contribution is 8.76. The number of benzene rings is 4. The van der Waals surface area contributed by atoms with Crippen molar-refractivity contribution < 1.29 is 28.7 Å². The van der Waals surface area contributed by atoms with Crippen molar-refractivity contribution in [2.45, 2.75) is 9.79 Å². The normalized spacial score (nSPS) is 10.7. The summed E-state index contributed by atoms with van der Waals surface area (Å²) in [7, 11) is 6.75. The number of thioether (sulfide) groups is 4. The maximum absolute atomic E-state index is 12.7. The molecule has 0 radical (unpaired) electrons. The van der Waals surface area contributed by atoms with E-state index in [1.165, 1.54) is 0 Å². The predicted octanol–water partition coefficient (Wildman–Crippen LogP) is 8.99. The summed E-state index contributed by atoms with van der Waals surface area (Å²) in [5.74, 6) is 4.35. The van der Waals surface area contributed by atoms with Crippen molar-refractivity contribution in [1.29, 1.82) is 0 Å². The first-order valence-corrected chi connectivity index (χ1v) is 21.7. The molecule has 50 heavy (non-hydrogen) atoms. The topological polar surface area (TPSA) is 111 Å². The van der Waals surface area contributed by atoms with Gasteiger partial charge in [0.05, 0.1) is 37.1 Å². The van der Waals surface area contributed by atoms with Crippen molar-refractivity contribution >= 4 is 102 Å². The van der Waals surface area contributed by atoms with E-state index >= 15 is 0 Å². The molecule has 0 aromatic heterocycles. The molecule has 4 aromatic rings. The Hall–Kier alpha value is -3.14. The molecular formula is C36H36N2O6S6. The van der Waals surface area contributed by atoms with E-state index in [1.807, 2.05) is 36.4 Å². The number of nitrogens with one attached hydrogen (secondary N) is 2. The Morgan fingerprint density at radius 2 is 0.940 bits per heavy atom. The minimum absolute atomic E-state index is 0.0207. The fourth-order valence-corrected chi connectivity index (χ4v) is 10.2. The molecule has 0 aliphatic rings. The molecule has 0 aliphatic heterocycles. The van der Waals surface area contributed by atoms with Gasteiger partial charge in [0.15, 0.2) is 0 Å². The SMILES string of the molecule is COc1ccc(NC(=O)CSC(=O)c2ccccc2)c(SCCSSCCSc2cc(OC)ccc2NC(=O)CSC(=O)c2ccccc2)c1. The number of ether oxygens (including phenoxy) is 2. The lowest BCUT2D eigenvalue weighted by Gasteiger charge is -2.13. The lowest BCUT2D eigenvalue weighted by molar-refractivity contribution is -0.114. The summed E-state index contributed by atoms with van der Waals surface area (Å²) < 4.78 is 10.8. The third-order valence-corrected chi connectivity index (χ3v) is 13.4. The van der Waals surface area contributed by atoms with E-state index in [2.05, 4.69) is 10.6 Å². The summed E-state index contributed by atoms with van der Waals surface area (Å²) in [6.45, 7) is 0. The number of amides is 2. The number of hydrogen-bond donors (Lipinski definition) is 2. The van der Waals surface area contributed by atoms with Gasteiger partial charge >= 0.3 is 0 Å². The van der Waals surface area contributed by atoms with Crippen molar-refractivity contribution in [3.05, 3.63) is 108 Å². The van der Waals surface area contributed by atoms with Gasteiger partial charge in [-0.25, -0.2) is 0 Å². The summed E-state index contributed by atoms with van der Waals surface area (Å²) in [5.41, 5.74) is 2.51. The van der Waals surface area contributed by atoms with Gasteiger partial charge in [0.25, 0.3) is 0 Å². The van der Waals surface area contributed by atoms with Crippen LogP contribution in [0, 0.1) is 0 Å². The van der Waals surface area contributed by atoms with Crippen LogP contribution in [0.1, 0.15) is 20.7 Å². The summed E-state index contributed by atoms with van der Waals surface area (Å²) in [5, 5.41) is 5.60. The second kappa shape index (κ2) is 21.9. The van der Waals surface area contributed by atoms with Crippen molar-refractivity contribution in [3.8, 4) is 11.5 Å². The molecular weight excluding hydrogens is 749 g/mol. The van der Waals surface area contributed by atoms with E-state index in [9.17, 15) is 19.2 Å². The molecule has 0 unspecified atom stereocenters. The standard InChI is InChI=1S/C36H36N2O6S6/c1-43-27-13-15-29(37-33(39)23-47-35(41)25-9-5-3-6-10-25)31(21-27)45-17-19-49-50-20-18-46-32-22-28(44-2)14-16-30(32)38-34(40)24-48-36(42)26-11-7-4-8-12-26/h3-16,21-22H,17-20,23-24H2,1-2H3,(H,37,39)(H,38,40). The van der Waals surface area contributed by atoms with Gasteiger partial charge < -0.3 is 20.1 Å². The average Bonchev–Trinajstić information content (AvgIpc) is 3.15. The molecule has 0 atom stereocenters. The van der Waals surface area contributed by atoms with Crippen LogP contribution in [-0.4, -0.2) is 70.8 Å². The van der Waals surface area contributed by atoms with Gasteiger partial charge in [-0.1, -0.05) is 106 Å². The molecule has 14 heteroatoms. The highest BCUT2D eigenvalue weighted by atomic mass is 33.1. The first-order chi connectivity index (χ1) is 24.4. The Balaban J connectivity index is 1.18. The third-order valence-electron chi connectivity index (χ3n) is 6.55. The van der Waals surface area contributed by atoms with E-state index in [-0.39, 0.29) is 33.6 Å². The number of methoxy groups -OCH3 is 2. The molecule has 4 aromatic carbocycles. The van der Waals surface area contributed by atoms with Gasteiger partial charge in [-0.3, -0.25) is 19.2 Å². The van der Waals surface area contributed by atoms with Crippen LogP contribution in [0.5, 0.6) is 11.5 Å². The van der Waals surface area contributed by atoms with Gasteiger partial charge in [-0.2, -0.15) is 0 Å². The van der Waals surface area contributed by atoms with Crippen LogP contribution in [0.4, 0.5) is 11.4 Å². The first kappa shape index (κ1) is 39.6. The molecule has 0 bridgehead atoms. The van der Waals surface area contributed by atoms with E-state index in [0.717, 1.165) is 56.3 Å². The van der Waals surface area contributed by atoms with Crippen molar-refractivity contribution in [3.63, 3.8) is 0 Å². The van der Waals surface area contributed by atoms with Gasteiger partial charge in [-0.15, -0.1) is 23.5 Å². The molecule has 0 aliphatic carbocycles. The van der Waals surface area contributed by atoms with E-state index in [1.54, 1.807) is 120 Å². The van der Waals surface area contributed by atoms with E-state index < -0.39 is 0 Å². The molecule has 0 fully saturated rings. The van der Waals surface area contributed by atoms with Crippen LogP contribution >= 0.6 is 68.6 Å². The molecule has 2 N–H and O–H groups in total. The second-order valence-electron chi connectivity index (χ2n) is 10.0. The lowest BCUT2D eigenvalue weighted by atomic mass is 10.2. The monoisotopic (exact) mass is 784 g/mol. The number of carbonyl (C=O) groups is 4. The van der Waals surface area contributed by atoms with Gasteiger partial charge in [0.1, 0.15) is 11.5 Å². The molecule has 0 heterocycles. The average molecular weight is 785 g/mol. The number of hydrogen-bond acceptors (Lipinski definition) is 12. The zero-order valence-electron chi connectivity index (χ0n) is 27.4. The quantitative estimate of drug-likeness (QED) is 0.0538. The Morgan fingerprint density at radius 1 is 0.540 bits per heavy atom. The summed E-state index contributed by atoms with van der Waals surface area (Å²) in [6, 6.07) is 28.9. The van der Waals surface area contributed by atoms with Crippen LogP contribution < -0.4 is 20.1 Å². The minimum Gasteiger partial charge on any atom is -0.497 e. The zero-order valence-corrected chi connectivity index (χ0v) is 32.3. The maximum atomic E-state index is 12.7. The Morgan fingerprint density at radius 3 is 1.32 bits per heavy atom. The first-order valence-electron chi connectivity index (χ1n) is 15.3. The molecule has 4 rings (SSSR count). The van der Waals surface area contributed by atoms with Crippen LogP contribution in [0.25, 0.3) is 0 Å². The van der Waals surface area contributed by atoms with Crippen molar-refractivity contribution in [2.75, 3.05) is 59.4 Å². The molecule has 262 valence electrons. The van der Waals surface area contributed by atoms with Gasteiger partial charge in [0.2, 0.25) is 22.0 Å². The highest BCUT2D eigenvalue weighted by Gasteiger charge is 2.15. The predicted molar refractivity (Wildman–Crippen MR) is 216 cm³/mol. The smallest absolute Gasteiger partial charge is 0.234 e. The van der Waals surface area contributed by atoms with Gasteiger partial charge in [-0.05, 0) is 36.4 Å². The Kier molecular flexibility index (Phi) is 17.4. The number of rotatable bonds is 19. The van der Waals surface area contributed by atoms with Crippen molar-refractivity contribution in [1.82, 2.24) is 0 Å². The fraction of sp³-hybridized carbons (Fsp3) is 0.222. The highest BCUT2D eigenvalue weighted by Crippen LogP contribution is 2.35. The summed E-state index contributed by atoms with van der Waals surface area (Å²) >= 11 is 5.22. The lowest BCUT2D eigenvalue weighted by Crippen LogP contribution is -2.16. The van der Waals surface area contributed by atoms with Crippen LogP contribution in [0.2, 0.25) is 0 Å². The van der Waals surface area contributed by atoms with Crippen molar-refractivity contribution in [2.24, 2.45) is 0 Å². The Bertz CT molecular complexity index is 1600. The molecule has 0 saturated carbocycles. The van der Waals surface area contributed by atoms with Crippen LogP contribution in [-0.2, 0) is 9.59 Å². The molecule has 8 nitrogen and oxygen atoms in total. The Labute approximate surface area is 317 Å². The zero-order chi connectivity index (χ0) is 35.6. The largest absolute Gasteiger partial charge is 0.497 e. The van der Waals surface area contributed by atoms with E-state index in [0.29, 0.717) is 34.0 Å². The number of carbonyl (C=O) groups excluding carboxylic acids is 4. The fourth-order valence-electron chi connectivity index (χ4n) is 4.14. The van der Waals surface area contributed by atoms with Crippen LogP contribution in [0.15, 0.2) is 107 Å². The molecule has 2 amide bonds. The number of anilines is 2. The summed E-state index contributed by atoms with van der Waals surface area (Å²) in [6.07, 6.45) is 0. The summed E-state index contributed by atoms with van der Waals surface area (Å²) in [4.78, 5) is 51.9. The maximum Gasteiger partial charge on any atom is 0.234 e. The third kappa shape index (κ3) is 13.5. The van der Waals surface area contributed by atoms with E-state index in [4.69, 9.17) is 9.47 Å². The van der Waals surface area contributed by atoms with Crippen LogP contribution in [0.3, 0.4) is 0 Å². The molecule has 0 spiro atoms. The van der Waals surface area contributed by atoms with Gasteiger partial charge in [0, 0.05) is 43.9 Å².